The molecular weight excluding hydrogens is 264 g/mol. The van der Waals surface area contributed by atoms with Crippen molar-refractivity contribution in [3.8, 4) is 5.75 Å². The smallest absolute Gasteiger partial charge is 0.258 e. The standard InChI is InChI=1S/C17H20N2O2/c1-13-4-6-15(7-5-13)21-12-16(20)19-17(2,3)14-8-10-18-11-9-14/h4-11H,12H2,1-3H3,(H,19,20). The summed E-state index contributed by atoms with van der Waals surface area (Å²) in [5, 5.41) is 2.96. The average molecular weight is 284 g/mol. The number of hydrogen-bond donors (Lipinski definition) is 1. The molecule has 0 saturated heterocycles. The van der Waals surface area contributed by atoms with Gasteiger partial charge in [-0.15, -0.1) is 0 Å². The first kappa shape index (κ1) is 15.0. The normalized spacial score (nSPS) is 11.0. The third-order valence-corrected chi connectivity index (χ3v) is 3.24. The number of aromatic nitrogens is 1. The van der Waals surface area contributed by atoms with Crippen molar-refractivity contribution in [3.63, 3.8) is 0 Å². The number of benzene rings is 1. The predicted octanol–water partition coefficient (Wildman–Crippen LogP) is 2.82. The summed E-state index contributed by atoms with van der Waals surface area (Å²) in [6.07, 6.45) is 3.43. The summed E-state index contributed by atoms with van der Waals surface area (Å²) in [7, 11) is 0. The van der Waals surface area contributed by atoms with Crippen molar-refractivity contribution < 1.29 is 9.53 Å². The Morgan fingerprint density at radius 1 is 1.14 bits per heavy atom. The number of hydrogen-bond acceptors (Lipinski definition) is 3. The number of rotatable bonds is 5. The van der Waals surface area contributed by atoms with Crippen LogP contribution in [0.2, 0.25) is 0 Å². The monoisotopic (exact) mass is 284 g/mol. The van der Waals surface area contributed by atoms with Crippen LogP contribution in [0.5, 0.6) is 5.75 Å². The molecule has 0 saturated carbocycles. The Hall–Kier alpha value is -2.36. The van der Waals surface area contributed by atoms with Gasteiger partial charge in [0.1, 0.15) is 5.75 Å². The predicted molar refractivity (Wildman–Crippen MR) is 82.1 cm³/mol. The molecular formula is C17H20N2O2. The highest BCUT2D eigenvalue weighted by atomic mass is 16.5. The van der Waals surface area contributed by atoms with E-state index in [1.807, 2.05) is 57.2 Å². The van der Waals surface area contributed by atoms with Crippen molar-refractivity contribution >= 4 is 5.91 Å². The molecule has 2 aromatic rings. The maximum atomic E-state index is 12.0. The lowest BCUT2D eigenvalue weighted by Crippen LogP contribution is -2.43. The SMILES string of the molecule is Cc1ccc(OCC(=O)NC(C)(C)c2ccncc2)cc1. The Kier molecular flexibility index (Phi) is 4.58. The molecule has 1 aromatic carbocycles. The molecule has 0 bridgehead atoms. The Labute approximate surface area is 125 Å². The van der Waals surface area contributed by atoms with Gasteiger partial charge < -0.3 is 10.1 Å². The van der Waals surface area contributed by atoms with E-state index in [0.717, 1.165) is 11.1 Å². The third-order valence-electron chi connectivity index (χ3n) is 3.24. The largest absolute Gasteiger partial charge is 0.484 e. The quantitative estimate of drug-likeness (QED) is 0.918. The Morgan fingerprint density at radius 2 is 1.76 bits per heavy atom. The number of ether oxygens (including phenoxy) is 1. The molecule has 1 N–H and O–H groups in total. The van der Waals surface area contributed by atoms with E-state index in [9.17, 15) is 4.79 Å². The van der Waals surface area contributed by atoms with E-state index in [4.69, 9.17) is 4.74 Å². The third kappa shape index (κ3) is 4.31. The van der Waals surface area contributed by atoms with Gasteiger partial charge in [0.15, 0.2) is 6.61 Å². The average Bonchev–Trinajstić information content (AvgIpc) is 2.47. The summed E-state index contributed by atoms with van der Waals surface area (Å²) in [5.74, 6) is 0.537. The van der Waals surface area contributed by atoms with Crippen LogP contribution in [-0.2, 0) is 10.3 Å². The van der Waals surface area contributed by atoms with Crippen molar-refractivity contribution in [3.05, 3.63) is 59.9 Å². The summed E-state index contributed by atoms with van der Waals surface area (Å²) in [6.45, 7) is 5.91. The van der Waals surface area contributed by atoms with Gasteiger partial charge in [-0.05, 0) is 50.6 Å². The number of carbonyl (C=O) groups excluding carboxylic acids is 1. The van der Waals surface area contributed by atoms with Crippen molar-refractivity contribution in [2.24, 2.45) is 0 Å². The summed E-state index contributed by atoms with van der Waals surface area (Å²) in [5.41, 5.74) is 1.70. The molecule has 0 aliphatic heterocycles. The molecule has 1 heterocycles. The van der Waals surface area contributed by atoms with E-state index >= 15 is 0 Å². The topological polar surface area (TPSA) is 51.2 Å². The molecule has 4 heteroatoms. The van der Waals surface area contributed by atoms with Gasteiger partial charge in [-0.2, -0.15) is 0 Å². The fraction of sp³-hybridized carbons (Fsp3) is 0.294. The minimum absolute atomic E-state index is 0.00241. The van der Waals surface area contributed by atoms with Gasteiger partial charge in [-0.3, -0.25) is 9.78 Å². The second kappa shape index (κ2) is 6.39. The van der Waals surface area contributed by atoms with Gasteiger partial charge in [-0.1, -0.05) is 17.7 Å². The number of pyridine rings is 1. The molecule has 110 valence electrons. The number of amides is 1. The van der Waals surface area contributed by atoms with Gasteiger partial charge in [-0.25, -0.2) is 0 Å². The van der Waals surface area contributed by atoms with Crippen LogP contribution in [0.4, 0.5) is 0 Å². The lowest BCUT2D eigenvalue weighted by Gasteiger charge is -2.26. The Morgan fingerprint density at radius 3 is 2.38 bits per heavy atom. The van der Waals surface area contributed by atoms with Crippen molar-refractivity contribution in [2.75, 3.05) is 6.61 Å². The molecule has 0 aliphatic carbocycles. The highest BCUT2D eigenvalue weighted by Gasteiger charge is 2.22. The number of nitrogens with zero attached hydrogens (tertiary/aromatic N) is 1. The maximum Gasteiger partial charge on any atom is 0.258 e. The summed E-state index contributed by atoms with van der Waals surface area (Å²) < 4.78 is 5.48. The van der Waals surface area contributed by atoms with E-state index in [1.54, 1.807) is 12.4 Å². The molecule has 0 fully saturated rings. The summed E-state index contributed by atoms with van der Waals surface area (Å²) >= 11 is 0. The van der Waals surface area contributed by atoms with Gasteiger partial charge >= 0.3 is 0 Å². The van der Waals surface area contributed by atoms with Crippen LogP contribution in [0.15, 0.2) is 48.8 Å². The van der Waals surface area contributed by atoms with Crippen LogP contribution in [0.1, 0.15) is 25.0 Å². The number of nitrogens with one attached hydrogen (secondary N) is 1. The van der Waals surface area contributed by atoms with Crippen LogP contribution in [-0.4, -0.2) is 17.5 Å². The van der Waals surface area contributed by atoms with E-state index in [2.05, 4.69) is 10.3 Å². The Bertz CT molecular complexity index is 592. The second-order valence-electron chi connectivity index (χ2n) is 5.51. The van der Waals surface area contributed by atoms with E-state index in [0.29, 0.717) is 5.75 Å². The lowest BCUT2D eigenvalue weighted by molar-refractivity contribution is -0.124. The zero-order valence-electron chi connectivity index (χ0n) is 12.6. The minimum atomic E-state index is -0.462. The van der Waals surface area contributed by atoms with Gasteiger partial charge in [0, 0.05) is 12.4 Å². The number of aryl methyl sites for hydroxylation is 1. The van der Waals surface area contributed by atoms with Crippen LogP contribution < -0.4 is 10.1 Å². The first-order valence-corrected chi connectivity index (χ1v) is 6.88. The molecule has 4 nitrogen and oxygen atoms in total. The summed E-state index contributed by atoms with van der Waals surface area (Å²) in [6, 6.07) is 11.4. The molecule has 21 heavy (non-hydrogen) atoms. The Balaban J connectivity index is 1.91. The maximum absolute atomic E-state index is 12.0. The zero-order valence-corrected chi connectivity index (χ0v) is 12.6. The highest BCUT2D eigenvalue weighted by molar-refractivity contribution is 5.78. The molecule has 0 atom stereocenters. The fourth-order valence-electron chi connectivity index (χ4n) is 2.01. The second-order valence-corrected chi connectivity index (χ2v) is 5.51. The van der Waals surface area contributed by atoms with Crippen LogP contribution in [0.25, 0.3) is 0 Å². The molecule has 1 aromatic heterocycles. The van der Waals surface area contributed by atoms with Crippen molar-refractivity contribution in [1.29, 1.82) is 0 Å². The zero-order chi connectivity index (χ0) is 15.3. The highest BCUT2D eigenvalue weighted by Crippen LogP contribution is 2.18. The molecule has 0 aliphatic rings. The molecule has 1 amide bonds. The van der Waals surface area contributed by atoms with Crippen LogP contribution >= 0.6 is 0 Å². The van der Waals surface area contributed by atoms with E-state index in [1.165, 1.54) is 0 Å². The molecule has 0 spiro atoms. The van der Waals surface area contributed by atoms with E-state index in [-0.39, 0.29) is 12.5 Å². The lowest BCUT2D eigenvalue weighted by atomic mass is 9.95. The van der Waals surface area contributed by atoms with Crippen LogP contribution in [0, 0.1) is 6.92 Å². The molecule has 0 radical (unpaired) electrons. The van der Waals surface area contributed by atoms with E-state index < -0.39 is 5.54 Å². The molecule has 2 rings (SSSR count). The molecule has 0 unspecified atom stereocenters. The fourth-order valence-corrected chi connectivity index (χ4v) is 2.01. The van der Waals surface area contributed by atoms with Gasteiger partial charge in [0.25, 0.3) is 5.91 Å². The van der Waals surface area contributed by atoms with Crippen LogP contribution in [0.3, 0.4) is 0 Å². The van der Waals surface area contributed by atoms with Gasteiger partial charge in [0.2, 0.25) is 0 Å². The van der Waals surface area contributed by atoms with Crippen molar-refractivity contribution in [1.82, 2.24) is 10.3 Å². The summed E-state index contributed by atoms with van der Waals surface area (Å²) in [4.78, 5) is 16.0. The minimum Gasteiger partial charge on any atom is -0.484 e. The first-order chi connectivity index (χ1) is 9.97. The van der Waals surface area contributed by atoms with Gasteiger partial charge in [0.05, 0.1) is 5.54 Å². The first-order valence-electron chi connectivity index (χ1n) is 6.88. The number of carbonyl (C=O) groups is 1. The van der Waals surface area contributed by atoms with Crippen molar-refractivity contribution in [2.45, 2.75) is 26.3 Å².